The number of carbonyl (C=O) groups excluding carboxylic acids is 2. The third-order valence-electron chi connectivity index (χ3n) is 5.27. The molecule has 1 aliphatic heterocycles. The number of para-hydroxylation sites is 1. The van der Waals surface area contributed by atoms with Crippen molar-refractivity contribution in [3.63, 3.8) is 0 Å². The van der Waals surface area contributed by atoms with Crippen molar-refractivity contribution in [3.8, 4) is 5.75 Å². The number of rotatable bonds is 7. The Labute approximate surface area is 178 Å². The van der Waals surface area contributed by atoms with Crippen molar-refractivity contribution in [1.29, 1.82) is 0 Å². The van der Waals surface area contributed by atoms with Crippen LogP contribution in [-0.4, -0.2) is 63.1 Å². The first-order valence-electron chi connectivity index (χ1n) is 10.2. The summed E-state index contributed by atoms with van der Waals surface area (Å²) >= 11 is 0. The van der Waals surface area contributed by atoms with Crippen molar-refractivity contribution < 1.29 is 14.3 Å². The molecule has 0 spiro atoms. The average molecular weight is 411 g/mol. The minimum absolute atomic E-state index is 0.0703. The van der Waals surface area contributed by atoms with Crippen LogP contribution in [-0.2, 0) is 9.59 Å². The quantitative estimate of drug-likeness (QED) is 0.732. The normalized spacial score (nSPS) is 14.3. The number of hydrogen-bond donors (Lipinski definition) is 2. The lowest BCUT2D eigenvalue weighted by atomic mass is 10.1. The number of ether oxygens (including phenoxy) is 1. The molecule has 0 bridgehead atoms. The van der Waals surface area contributed by atoms with Crippen LogP contribution in [0.2, 0.25) is 0 Å². The third kappa shape index (κ3) is 5.73. The maximum atomic E-state index is 12.3. The third-order valence-corrected chi connectivity index (χ3v) is 5.27. The highest BCUT2D eigenvalue weighted by Crippen LogP contribution is 2.25. The first-order valence-corrected chi connectivity index (χ1v) is 10.2. The molecule has 0 aliphatic carbocycles. The summed E-state index contributed by atoms with van der Waals surface area (Å²) in [5, 5.41) is 5.50. The van der Waals surface area contributed by atoms with E-state index in [2.05, 4.69) is 45.6 Å². The van der Waals surface area contributed by atoms with E-state index in [1.807, 2.05) is 25.1 Å². The van der Waals surface area contributed by atoms with Crippen LogP contribution in [0, 0.1) is 13.8 Å². The summed E-state index contributed by atoms with van der Waals surface area (Å²) in [5.74, 6) is 0.161. The molecule has 0 radical (unpaired) electrons. The van der Waals surface area contributed by atoms with Gasteiger partial charge in [-0.15, -0.1) is 0 Å². The standard InChI is InChI=1S/C23H30N4O3/c1-17-8-9-21(30-3)19(14-17)25-22(28)15-24-23(29)16-26-10-12-27(13-11-26)20-7-5-4-6-18(20)2/h4-9,14H,10-13,15-16H2,1-3H3,(H,24,29)(H,25,28). The van der Waals surface area contributed by atoms with E-state index < -0.39 is 0 Å². The van der Waals surface area contributed by atoms with Gasteiger partial charge in [-0.05, 0) is 43.2 Å². The molecule has 3 rings (SSSR count). The molecule has 1 aliphatic rings. The van der Waals surface area contributed by atoms with Crippen LogP contribution < -0.4 is 20.3 Å². The predicted octanol–water partition coefficient (Wildman–Crippen LogP) is 2.19. The molecule has 7 heteroatoms. The largest absolute Gasteiger partial charge is 0.495 e. The molecule has 160 valence electrons. The Bertz CT molecular complexity index is 892. The van der Waals surface area contributed by atoms with Crippen molar-refractivity contribution >= 4 is 23.2 Å². The van der Waals surface area contributed by atoms with Gasteiger partial charge in [-0.25, -0.2) is 0 Å². The average Bonchev–Trinajstić information content (AvgIpc) is 2.73. The van der Waals surface area contributed by atoms with Crippen molar-refractivity contribution in [2.24, 2.45) is 0 Å². The summed E-state index contributed by atoms with van der Waals surface area (Å²) in [5.41, 5.74) is 4.13. The second-order valence-corrected chi connectivity index (χ2v) is 7.58. The number of carbonyl (C=O) groups is 2. The summed E-state index contributed by atoms with van der Waals surface area (Å²) in [6.45, 7) is 7.67. The van der Waals surface area contributed by atoms with E-state index in [0.717, 1.165) is 31.7 Å². The fraction of sp³-hybridized carbons (Fsp3) is 0.391. The van der Waals surface area contributed by atoms with Crippen LogP contribution in [0.1, 0.15) is 11.1 Å². The molecule has 0 saturated carbocycles. The Balaban J connectivity index is 1.42. The molecule has 1 heterocycles. The van der Waals surface area contributed by atoms with Crippen molar-refractivity contribution in [3.05, 3.63) is 53.6 Å². The molecule has 7 nitrogen and oxygen atoms in total. The first kappa shape index (κ1) is 21.6. The maximum absolute atomic E-state index is 12.3. The zero-order valence-electron chi connectivity index (χ0n) is 17.9. The Kier molecular flexibility index (Phi) is 7.30. The number of hydrogen-bond acceptors (Lipinski definition) is 5. The van der Waals surface area contributed by atoms with Crippen LogP contribution in [0.25, 0.3) is 0 Å². The molecule has 0 aromatic heterocycles. The topological polar surface area (TPSA) is 73.9 Å². The molecular weight excluding hydrogens is 380 g/mol. The van der Waals surface area contributed by atoms with Gasteiger partial charge in [0.2, 0.25) is 11.8 Å². The van der Waals surface area contributed by atoms with Gasteiger partial charge in [0.1, 0.15) is 5.75 Å². The maximum Gasteiger partial charge on any atom is 0.243 e. The minimum atomic E-state index is -0.281. The van der Waals surface area contributed by atoms with E-state index >= 15 is 0 Å². The lowest BCUT2D eigenvalue weighted by Gasteiger charge is -2.36. The number of aryl methyl sites for hydroxylation is 2. The van der Waals surface area contributed by atoms with Gasteiger partial charge >= 0.3 is 0 Å². The van der Waals surface area contributed by atoms with Crippen molar-refractivity contribution in [2.45, 2.75) is 13.8 Å². The summed E-state index contributed by atoms with van der Waals surface area (Å²) < 4.78 is 5.26. The highest BCUT2D eigenvalue weighted by molar-refractivity contribution is 5.96. The number of anilines is 2. The summed E-state index contributed by atoms with van der Waals surface area (Å²) in [6.07, 6.45) is 0. The number of nitrogens with zero attached hydrogens (tertiary/aromatic N) is 2. The van der Waals surface area contributed by atoms with Gasteiger partial charge in [0.05, 0.1) is 25.9 Å². The Morgan fingerprint density at radius 3 is 2.43 bits per heavy atom. The molecule has 1 fully saturated rings. The Morgan fingerprint density at radius 2 is 1.73 bits per heavy atom. The molecule has 0 atom stereocenters. The fourth-order valence-electron chi connectivity index (χ4n) is 3.62. The number of piperazine rings is 1. The second-order valence-electron chi connectivity index (χ2n) is 7.58. The van der Waals surface area contributed by atoms with Crippen LogP contribution >= 0.6 is 0 Å². The smallest absolute Gasteiger partial charge is 0.243 e. The highest BCUT2D eigenvalue weighted by atomic mass is 16.5. The minimum Gasteiger partial charge on any atom is -0.495 e. The van der Waals surface area contributed by atoms with Gasteiger partial charge in [-0.1, -0.05) is 24.3 Å². The van der Waals surface area contributed by atoms with Crippen LogP contribution in [0.5, 0.6) is 5.75 Å². The van der Waals surface area contributed by atoms with Crippen LogP contribution in [0.4, 0.5) is 11.4 Å². The second kappa shape index (κ2) is 10.1. The molecular formula is C23H30N4O3. The zero-order chi connectivity index (χ0) is 21.5. The van der Waals surface area contributed by atoms with E-state index in [-0.39, 0.29) is 18.4 Å². The fourth-order valence-corrected chi connectivity index (χ4v) is 3.62. The number of amides is 2. The monoisotopic (exact) mass is 410 g/mol. The van der Waals surface area contributed by atoms with Gasteiger partial charge in [-0.2, -0.15) is 0 Å². The number of nitrogens with one attached hydrogen (secondary N) is 2. The van der Waals surface area contributed by atoms with Gasteiger partial charge in [-0.3, -0.25) is 14.5 Å². The first-order chi connectivity index (χ1) is 14.5. The SMILES string of the molecule is COc1ccc(C)cc1NC(=O)CNC(=O)CN1CCN(c2ccccc2C)CC1. The van der Waals surface area contributed by atoms with Crippen molar-refractivity contribution in [2.75, 3.05) is 56.6 Å². The van der Waals surface area contributed by atoms with E-state index in [1.54, 1.807) is 13.2 Å². The van der Waals surface area contributed by atoms with E-state index in [1.165, 1.54) is 11.3 Å². The molecule has 1 saturated heterocycles. The summed E-state index contributed by atoms with van der Waals surface area (Å²) in [6, 6.07) is 13.9. The van der Waals surface area contributed by atoms with Gasteiger partial charge in [0.25, 0.3) is 0 Å². The molecule has 2 aromatic rings. The molecule has 2 N–H and O–H groups in total. The Morgan fingerprint density at radius 1 is 1.00 bits per heavy atom. The van der Waals surface area contributed by atoms with E-state index in [0.29, 0.717) is 18.0 Å². The Hall–Kier alpha value is -3.06. The van der Waals surface area contributed by atoms with Crippen LogP contribution in [0.3, 0.4) is 0 Å². The number of benzene rings is 2. The van der Waals surface area contributed by atoms with Gasteiger partial charge < -0.3 is 20.3 Å². The molecule has 0 unspecified atom stereocenters. The van der Waals surface area contributed by atoms with Crippen molar-refractivity contribution in [1.82, 2.24) is 10.2 Å². The molecule has 30 heavy (non-hydrogen) atoms. The number of methoxy groups -OCH3 is 1. The zero-order valence-corrected chi connectivity index (χ0v) is 17.9. The summed E-state index contributed by atoms with van der Waals surface area (Å²) in [7, 11) is 1.56. The highest BCUT2D eigenvalue weighted by Gasteiger charge is 2.20. The van der Waals surface area contributed by atoms with E-state index in [9.17, 15) is 9.59 Å². The predicted molar refractivity (Wildman–Crippen MR) is 119 cm³/mol. The lowest BCUT2D eigenvalue weighted by molar-refractivity contribution is -0.125. The van der Waals surface area contributed by atoms with Gasteiger partial charge in [0, 0.05) is 31.9 Å². The molecule has 2 aromatic carbocycles. The lowest BCUT2D eigenvalue weighted by Crippen LogP contribution is -2.50. The summed E-state index contributed by atoms with van der Waals surface area (Å²) in [4.78, 5) is 29.0. The van der Waals surface area contributed by atoms with E-state index in [4.69, 9.17) is 4.74 Å². The van der Waals surface area contributed by atoms with Gasteiger partial charge in [0.15, 0.2) is 0 Å². The van der Waals surface area contributed by atoms with Crippen LogP contribution in [0.15, 0.2) is 42.5 Å². The molecule has 2 amide bonds.